The minimum Gasteiger partial charge on any atom is -0.479 e. The molecule has 0 saturated carbocycles. The lowest BCUT2D eigenvalue weighted by Crippen LogP contribution is -2.17. The number of aromatic nitrogens is 2. The fourth-order valence-corrected chi connectivity index (χ4v) is 1.92. The Morgan fingerprint density at radius 3 is 2.75 bits per heavy atom. The maximum atomic E-state index is 8.46. The van der Waals surface area contributed by atoms with Gasteiger partial charge in [0.2, 0.25) is 0 Å². The van der Waals surface area contributed by atoms with Crippen molar-refractivity contribution in [3.63, 3.8) is 0 Å². The summed E-state index contributed by atoms with van der Waals surface area (Å²) in [6, 6.07) is 9.97. The SMILES string of the molecule is CC(NCc1cnn(C)c1)c1ccc(OCC#N)cc1. The average molecular weight is 270 g/mol. The monoisotopic (exact) mass is 270 g/mol. The van der Waals surface area contributed by atoms with Crippen LogP contribution in [0.3, 0.4) is 0 Å². The van der Waals surface area contributed by atoms with E-state index in [1.165, 1.54) is 5.56 Å². The molecular weight excluding hydrogens is 252 g/mol. The molecule has 0 saturated heterocycles. The molecule has 2 rings (SSSR count). The molecule has 1 aromatic carbocycles. The molecule has 5 nitrogen and oxygen atoms in total. The first kappa shape index (κ1) is 14.1. The molecular formula is C15H18N4O. The molecule has 5 heteroatoms. The fraction of sp³-hybridized carbons (Fsp3) is 0.333. The fourth-order valence-electron chi connectivity index (χ4n) is 1.92. The summed E-state index contributed by atoms with van der Waals surface area (Å²) in [6.07, 6.45) is 3.86. The van der Waals surface area contributed by atoms with E-state index in [9.17, 15) is 0 Å². The molecule has 1 aromatic heterocycles. The highest BCUT2D eigenvalue weighted by Gasteiger charge is 2.06. The Labute approximate surface area is 118 Å². The van der Waals surface area contributed by atoms with Crippen LogP contribution in [0, 0.1) is 11.3 Å². The minimum absolute atomic E-state index is 0.0775. The summed E-state index contributed by atoms with van der Waals surface area (Å²) in [5.74, 6) is 0.717. The van der Waals surface area contributed by atoms with Crippen molar-refractivity contribution in [1.29, 1.82) is 5.26 Å². The van der Waals surface area contributed by atoms with Crippen LogP contribution >= 0.6 is 0 Å². The lowest BCUT2D eigenvalue weighted by atomic mass is 10.1. The van der Waals surface area contributed by atoms with E-state index in [2.05, 4.69) is 17.3 Å². The molecule has 0 aliphatic heterocycles. The lowest BCUT2D eigenvalue weighted by molar-refractivity contribution is 0.368. The van der Waals surface area contributed by atoms with Crippen LogP contribution < -0.4 is 10.1 Å². The number of ether oxygens (including phenoxy) is 1. The van der Waals surface area contributed by atoms with Crippen molar-refractivity contribution in [3.05, 3.63) is 47.8 Å². The molecule has 2 aromatic rings. The van der Waals surface area contributed by atoms with Gasteiger partial charge in [-0.2, -0.15) is 10.4 Å². The van der Waals surface area contributed by atoms with Gasteiger partial charge in [0.15, 0.2) is 6.61 Å². The molecule has 1 atom stereocenters. The summed E-state index contributed by atoms with van der Waals surface area (Å²) in [5, 5.41) is 16.0. The minimum atomic E-state index is 0.0775. The zero-order chi connectivity index (χ0) is 14.4. The highest BCUT2D eigenvalue weighted by atomic mass is 16.5. The van der Waals surface area contributed by atoms with Crippen molar-refractivity contribution in [1.82, 2.24) is 15.1 Å². The normalized spacial score (nSPS) is 11.8. The van der Waals surface area contributed by atoms with Crippen LogP contribution in [-0.2, 0) is 13.6 Å². The summed E-state index contributed by atoms with van der Waals surface area (Å²) < 4.78 is 7.02. The second-order valence-electron chi connectivity index (χ2n) is 4.64. The van der Waals surface area contributed by atoms with Gasteiger partial charge in [-0.1, -0.05) is 12.1 Å². The second-order valence-corrected chi connectivity index (χ2v) is 4.64. The molecule has 1 N–H and O–H groups in total. The Bertz CT molecular complexity index is 583. The van der Waals surface area contributed by atoms with Gasteiger partial charge < -0.3 is 10.1 Å². The summed E-state index contributed by atoms with van der Waals surface area (Å²) in [7, 11) is 1.91. The van der Waals surface area contributed by atoms with E-state index in [4.69, 9.17) is 10.00 Å². The molecule has 0 fully saturated rings. The van der Waals surface area contributed by atoms with Gasteiger partial charge in [-0.25, -0.2) is 0 Å². The van der Waals surface area contributed by atoms with Gasteiger partial charge >= 0.3 is 0 Å². The maximum absolute atomic E-state index is 8.46. The molecule has 0 aliphatic rings. The Morgan fingerprint density at radius 2 is 2.15 bits per heavy atom. The van der Waals surface area contributed by atoms with Crippen molar-refractivity contribution in [2.45, 2.75) is 19.5 Å². The van der Waals surface area contributed by atoms with Crippen LogP contribution in [0.25, 0.3) is 0 Å². The molecule has 20 heavy (non-hydrogen) atoms. The number of nitriles is 1. The number of nitrogens with zero attached hydrogens (tertiary/aromatic N) is 3. The van der Waals surface area contributed by atoms with Crippen molar-refractivity contribution < 1.29 is 4.74 Å². The summed E-state index contributed by atoms with van der Waals surface area (Å²) in [6.45, 7) is 2.97. The average Bonchev–Trinajstić information content (AvgIpc) is 2.89. The molecule has 104 valence electrons. The smallest absolute Gasteiger partial charge is 0.174 e. The summed E-state index contributed by atoms with van der Waals surface area (Å²) >= 11 is 0. The van der Waals surface area contributed by atoms with Crippen LogP contribution in [0.4, 0.5) is 0 Å². The first-order chi connectivity index (χ1) is 9.69. The Balaban J connectivity index is 1.88. The molecule has 1 unspecified atom stereocenters. The zero-order valence-corrected chi connectivity index (χ0v) is 11.7. The predicted molar refractivity (Wildman–Crippen MR) is 76.0 cm³/mol. The van der Waals surface area contributed by atoms with E-state index in [0.717, 1.165) is 17.9 Å². The van der Waals surface area contributed by atoms with Gasteiger partial charge in [0, 0.05) is 31.4 Å². The predicted octanol–water partition coefficient (Wildman–Crippen LogP) is 2.17. The van der Waals surface area contributed by atoms with Gasteiger partial charge in [0.05, 0.1) is 6.20 Å². The van der Waals surface area contributed by atoms with E-state index in [1.54, 1.807) is 4.68 Å². The van der Waals surface area contributed by atoms with E-state index in [1.807, 2.05) is 49.8 Å². The van der Waals surface area contributed by atoms with Gasteiger partial charge in [-0.3, -0.25) is 4.68 Å². The van der Waals surface area contributed by atoms with Gasteiger partial charge in [0.25, 0.3) is 0 Å². The number of rotatable bonds is 6. The molecule has 0 radical (unpaired) electrons. The third kappa shape index (κ3) is 3.84. The Hall–Kier alpha value is -2.32. The number of hydrogen-bond acceptors (Lipinski definition) is 4. The maximum Gasteiger partial charge on any atom is 0.174 e. The third-order valence-electron chi connectivity index (χ3n) is 3.05. The standard InChI is InChI=1S/C15H18N4O/c1-12(17-9-13-10-18-19(2)11-13)14-3-5-15(6-4-14)20-8-7-16/h3-6,10-12,17H,8-9H2,1-2H3. The second kappa shape index (κ2) is 6.73. The van der Waals surface area contributed by atoms with Crippen molar-refractivity contribution >= 4 is 0 Å². The van der Waals surface area contributed by atoms with Crippen LogP contribution in [0.15, 0.2) is 36.7 Å². The van der Waals surface area contributed by atoms with E-state index in [0.29, 0.717) is 0 Å². The van der Waals surface area contributed by atoms with Crippen LogP contribution in [0.1, 0.15) is 24.1 Å². The zero-order valence-electron chi connectivity index (χ0n) is 11.7. The lowest BCUT2D eigenvalue weighted by Gasteiger charge is -2.14. The van der Waals surface area contributed by atoms with Crippen LogP contribution in [0.5, 0.6) is 5.75 Å². The summed E-state index contributed by atoms with van der Waals surface area (Å²) in [4.78, 5) is 0. The summed E-state index contributed by atoms with van der Waals surface area (Å²) in [5.41, 5.74) is 2.34. The largest absolute Gasteiger partial charge is 0.479 e. The van der Waals surface area contributed by atoms with E-state index >= 15 is 0 Å². The number of benzene rings is 1. The number of nitrogens with one attached hydrogen (secondary N) is 1. The molecule has 1 heterocycles. The Kier molecular flexibility index (Phi) is 4.75. The van der Waals surface area contributed by atoms with Crippen LogP contribution in [0.2, 0.25) is 0 Å². The number of aryl methyl sites for hydroxylation is 1. The highest BCUT2D eigenvalue weighted by molar-refractivity contribution is 5.29. The van der Waals surface area contributed by atoms with Gasteiger partial charge in [-0.15, -0.1) is 0 Å². The van der Waals surface area contributed by atoms with E-state index < -0.39 is 0 Å². The van der Waals surface area contributed by atoms with Gasteiger partial charge in [-0.05, 0) is 24.6 Å². The van der Waals surface area contributed by atoms with E-state index in [-0.39, 0.29) is 12.6 Å². The topological polar surface area (TPSA) is 62.9 Å². The number of hydrogen-bond donors (Lipinski definition) is 1. The van der Waals surface area contributed by atoms with Crippen molar-refractivity contribution in [3.8, 4) is 11.8 Å². The molecule has 0 aliphatic carbocycles. The quantitative estimate of drug-likeness (QED) is 0.873. The molecule has 0 spiro atoms. The first-order valence-corrected chi connectivity index (χ1v) is 6.49. The van der Waals surface area contributed by atoms with Crippen molar-refractivity contribution in [2.75, 3.05) is 6.61 Å². The highest BCUT2D eigenvalue weighted by Crippen LogP contribution is 2.18. The third-order valence-corrected chi connectivity index (χ3v) is 3.05. The van der Waals surface area contributed by atoms with Crippen LogP contribution in [-0.4, -0.2) is 16.4 Å². The van der Waals surface area contributed by atoms with Gasteiger partial charge in [0.1, 0.15) is 11.8 Å². The van der Waals surface area contributed by atoms with Crippen molar-refractivity contribution in [2.24, 2.45) is 7.05 Å². The Morgan fingerprint density at radius 1 is 1.40 bits per heavy atom. The first-order valence-electron chi connectivity index (χ1n) is 6.49. The molecule has 0 bridgehead atoms. The molecule has 0 amide bonds.